The standard InChI is InChI=1S/C86H135N25O28/c1-12-41(6)65(81(135)96-42(7)68(122)98-44(9)84(138)139)108-83(137)67(46(11)114)110-76(130)53(34-48-24-26-49(115)27-25-48)102-73(127)51(21-16-30-93-85(89)90)99-72(126)52(22-17-31-94-86(91)92)100-78(132)58-23-18-32-111(58)60(117)37-95-71(125)57(38-112)105-75(129)56(36-62(120)121)103-74(128)55(35-59(88)116)101-69(123)43(8)97-82(136)66(45(10)113)109-77(131)54(33-47-19-14-13-15-20-47)104-79(133)63(39(2)3)107-80(134)64(40(4)5)106-70(124)50(87)28-29-61(118)119/h13-15,19-20,24-27,39-46,50-58,63-67,112-115H,12,16-18,21-23,28-38,87H2,1-11H3,(H2,88,116)(H,95,125)(H,96,135)(H,97,136)(H,98,122)(H,99,126)(H,100,132)(H,101,123)(H,102,127)(H,103,128)(H,104,133)(H,105,129)(H,106,124)(H,107,134)(H,108,137)(H,109,131)(H,110,130)(H,118,119)(H,120,121)(H,138,139)(H4,89,90,93)(H4,91,92,94)/t41-,42-,43-,44-,45+,46+,50-,51-,52-,53-,54-,55-,56-,57-,58-,63-,64-,65-,66-,67-/m0/s1. The number of nitrogens with zero attached hydrogens (tertiary/aromatic N) is 1. The lowest BCUT2D eigenvalue weighted by Gasteiger charge is -2.30. The molecule has 0 radical (unpaired) electrons. The van der Waals surface area contributed by atoms with Gasteiger partial charge in [0.05, 0.1) is 44.2 Å². The van der Waals surface area contributed by atoms with Gasteiger partial charge < -0.3 is 159 Å². The molecule has 3 rings (SSSR count). The summed E-state index contributed by atoms with van der Waals surface area (Å²) < 4.78 is 0. The Morgan fingerprint density at radius 3 is 1.27 bits per heavy atom. The van der Waals surface area contributed by atoms with Crippen molar-refractivity contribution in [3.63, 3.8) is 0 Å². The second kappa shape index (κ2) is 58.8. The fourth-order valence-corrected chi connectivity index (χ4v) is 13.7. The van der Waals surface area contributed by atoms with Gasteiger partial charge in [0.2, 0.25) is 106 Å². The van der Waals surface area contributed by atoms with E-state index in [4.69, 9.17) is 38.9 Å². The van der Waals surface area contributed by atoms with Gasteiger partial charge in [-0.15, -0.1) is 0 Å². The number of guanidine groups is 2. The van der Waals surface area contributed by atoms with Crippen LogP contribution in [-0.4, -0.2) is 325 Å². The molecule has 772 valence electrons. The molecule has 0 bridgehead atoms. The number of aliphatic carboxylic acids is 3. The number of carboxylic acids is 3. The van der Waals surface area contributed by atoms with Crippen molar-refractivity contribution in [3.05, 3.63) is 65.7 Å². The lowest BCUT2D eigenvalue weighted by Crippen LogP contribution is -2.62. The second-order valence-electron chi connectivity index (χ2n) is 34.2. The minimum atomic E-state index is -2.22. The van der Waals surface area contributed by atoms with Gasteiger partial charge in [0.25, 0.3) is 0 Å². The fraction of sp³-hybridized carbons (Fsp3) is 0.593. The zero-order valence-electron chi connectivity index (χ0n) is 79.1. The smallest absolute Gasteiger partial charge is 0.325 e. The SMILES string of the molecule is CC[C@H](C)[C@H](NC(=O)[C@@H](NC(=O)[C@H](Cc1ccc(O)cc1)NC(=O)[C@H](CCCNC(=N)N)NC(=O)[C@H](CCCNC(=N)N)NC(=O)[C@@H]1CCCN1C(=O)CNC(=O)[C@H](CO)NC(=O)[C@H](CC(=O)O)NC(=O)[C@H](CC(N)=O)NC(=O)[C@H](C)NC(=O)[C@@H](NC(=O)[C@H](Cc1ccccc1)NC(=O)[C@@H](NC(=O)[C@@H](NC(=O)[C@@H](N)CCC(=O)O)C(C)C)C(C)C)[C@@H](C)O)[C@@H](C)O)C(=O)N[C@@H](C)C(=O)N[C@@H](C)C(=O)O. The maximum absolute atomic E-state index is 14.8. The summed E-state index contributed by atoms with van der Waals surface area (Å²) in [5.41, 5.74) is 23.1. The number of benzene rings is 2. The summed E-state index contributed by atoms with van der Waals surface area (Å²) in [6.45, 7) is 12.7. The van der Waals surface area contributed by atoms with Crippen LogP contribution in [0.3, 0.4) is 0 Å². The minimum absolute atomic E-state index is 0.0214. The maximum Gasteiger partial charge on any atom is 0.325 e. The van der Waals surface area contributed by atoms with Gasteiger partial charge in [-0.25, -0.2) is 0 Å². The topological polar surface area (TPSA) is 872 Å². The van der Waals surface area contributed by atoms with E-state index in [2.05, 4.69) is 85.1 Å². The quantitative estimate of drug-likeness (QED) is 0.0166. The van der Waals surface area contributed by atoms with Crippen LogP contribution in [0.1, 0.15) is 158 Å². The zero-order chi connectivity index (χ0) is 105. The number of primary amides is 1. The van der Waals surface area contributed by atoms with Gasteiger partial charge in [0.15, 0.2) is 11.9 Å². The zero-order valence-corrected chi connectivity index (χ0v) is 79.1. The van der Waals surface area contributed by atoms with Crippen LogP contribution in [0.5, 0.6) is 5.75 Å². The molecule has 1 fully saturated rings. The molecule has 0 aromatic heterocycles. The van der Waals surface area contributed by atoms with Crippen LogP contribution in [0.4, 0.5) is 0 Å². The first-order valence-corrected chi connectivity index (χ1v) is 44.9. The highest BCUT2D eigenvalue weighted by Gasteiger charge is 2.43. The number of nitrogens with two attached hydrogens (primary N) is 4. The number of aromatic hydroxyl groups is 1. The Hall–Kier alpha value is -14.5. The molecule has 20 atom stereocenters. The van der Waals surface area contributed by atoms with Crippen molar-refractivity contribution >= 4 is 136 Å². The Labute approximate surface area is 800 Å². The number of carbonyl (C=O) groups excluding carboxylic acids is 18. The van der Waals surface area contributed by atoms with E-state index in [-0.39, 0.29) is 83.2 Å². The minimum Gasteiger partial charge on any atom is -0.508 e. The van der Waals surface area contributed by atoms with Crippen LogP contribution in [-0.2, 0) is 114 Å². The van der Waals surface area contributed by atoms with Crippen molar-refractivity contribution in [1.29, 1.82) is 10.8 Å². The molecule has 35 N–H and O–H groups in total. The van der Waals surface area contributed by atoms with E-state index in [1.807, 2.05) is 10.6 Å². The number of nitrogens with one attached hydrogen (secondary N) is 20. The van der Waals surface area contributed by atoms with E-state index in [0.29, 0.717) is 11.1 Å². The highest BCUT2D eigenvalue weighted by atomic mass is 16.4. The Bertz CT molecular complexity index is 4640. The van der Waals surface area contributed by atoms with E-state index in [0.717, 1.165) is 25.7 Å². The maximum atomic E-state index is 14.8. The molecule has 1 heterocycles. The fourth-order valence-electron chi connectivity index (χ4n) is 13.7. The summed E-state index contributed by atoms with van der Waals surface area (Å²) in [7, 11) is 0. The van der Waals surface area contributed by atoms with Gasteiger partial charge in [0.1, 0.15) is 102 Å². The number of hydrogen-bond acceptors (Lipinski definition) is 28. The molecule has 1 saturated heterocycles. The molecule has 0 unspecified atom stereocenters. The molecule has 1 aliphatic heterocycles. The molecule has 53 nitrogen and oxygen atoms in total. The molecule has 2 aromatic carbocycles. The Morgan fingerprint density at radius 2 is 0.806 bits per heavy atom. The number of aliphatic hydroxyl groups excluding tert-OH is 3. The largest absolute Gasteiger partial charge is 0.508 e. The number of phenols is 1. The molecule has 139 heavy (non-hydrogen) atoms. The van der Waals surface area contributed by atoms with Gasteiger partial charge in [-0.05, 0) is 121 Å². The number of likely N-dealkylation sites (tertiary alicyclic amines) is 1. The Balaban J connectivity index is 1.86. The van der Waals surface area contributed by atoms with Crippen molar-refractivity contribution in [2.24, 2.45) is 40.7 Å². The lowest BCUT2D eigenvalue weighted by molar-refractivity contribution is -0.142. The second-order valence-corrected chi connectivity index (χ2v) is 34.2. The van der Waals surface area contributed by atoms with Crippen LogP contribution in [0, 0.1) is 28.6 Å². The van der Waals surface area contributed by atoms with Crippen molar-refractivity contribution in [1.82, 2.24) is 101 Å². The van der Waals surface area contributed by atoms with Crippen molar-refractivity contribution < 1.29 is 136 Å². The summed E-state index contributed by atoms with van der Waals surface area (Å²) in [5.74, 6) is -27.4. The average Bonchev–Trinajstić information content (AvgIpc) is 1.82. The highest BCUT2D eigenvalue weighted by molar-refractivity contribution is 6.03. The summed E-state index contributed by atoms with van der Waals surface area (Å²) in [6.07, 6.45) is -7.53. The van der Waals surface area contributed by atoms with Crippen LogP contribution in [0.15, 0.2) is 54.6 Å². The predicted molar refractivity (Wildman–Crippen MR) is 492 cm³/mol. The molecule has 1 aliphatic rings. The van der Waals surface area contributed by atoms with Crippen LogP contribution < -0.4 is 119 Å². The van der Waals surface area contributed by atoms with Crippen LogP contribution in [0.25, 0.3) is 0 Å². The van der Waals surface area contributed by atoms with E-state index < -0.39 is 308 Å². The van der Waals surface area contributed by atoms with E-state index >= 15 is 0 Å². The summed E-state index contributed by atoms with van der Waals surface area (Å²) in [6, 6.07) is -14.6. The van der Waals surface area contributed by atoms with Crippen molar-refractivity contribution in [2.45, 2.75) is 275 Å². The van der Waals surface area contributed by atoms with Gasteiger partial charge >= 0.3 is 17.9 Å². The number of amides is 18. The molecule has 2 aromatic rings. The highest BCUT2D eigenvalue weighted by Crippen LogP contribution is 2.21. The first-order valence-electron chi connectivity index (χ1n) is 44.9. The summed E-state index contributed by atoms with van der Waals surface area (Å²) >= 11 is 0. The lowest BCUT2D eigenvalue weighted by atomic mass is 9.97. The van der Waals surface area contributed by atoms with E-state index in [9.17, 15) is 131 Å². The molecule has 0 aliphatic carbocycles. The van der Waals surface area contributed by atoms with Gasteiger partial charge in [0, 0.05) is 38.9 Å². The van der Waals surface area contributed by atoms with Crippen molar-refractivity contribution in [2.75, 3.05) is 32.8 Å². The Kier molecular flexibility index (Phi) is 50.2. The number of carboxylic acid groups (broad SMARTS) is 3. The summed E-state index contributed by atoms with van der Waals surface area (Å²) in [4.78, 5) is 286. The number of aliphatic hydroxyl groups is 3. The third-order valence-electron chi connectivity index (χ3n) is 22.0. The number of carbonyl (C=O) groups is 21. The number of hydrogen-bond donors (Lipinski definition) is 31. The van der Waals surface area contributed by atoms with Gasteiger partial charge in [-0.1, -0.05) is 90.4 Å². The molecule has 18 amide bonds. The third-order valence-corrected chi connectivity index (χ3v) is 22.0. The summed E-state index contributed by atoms with van der Waals surface area (Å²) in [5, 5.41) is 129. The number of phenolic OH excluding ortho intramolecular Hbond substituents is 1. The van der Waals surface area contributed by atoms with Gasteiger partial charge in [-0.2, -0.15) is 0 Å². The van der Waals surface area contributed by atoms with Crippen LogP contribution >= 0.6 is 0 Å². The van der Waals surface area contributed by atoms with Crippen molar-refractivity contribution in [3.8, 4) is 5.75 Å². The molecular formula is C86H135N25O28. The van der Waals surface area contributed by atoms with E-state index in [1.165, 1.54) is 38.1 Å². The molecule has 0 spiro atoms. The van der Waals surface area contributed by atoms with E-state index in [1.54, 1.807) is 71.9 Å². The first-order chi connectivity index (χ1) is 65.1. The molecule has 0 saturated carbocycles. The third kappa shape index (κ3) is 41.5. The van der Waals surface area contributed by atoms with Crippen LogP contribution in [0.2, 0.25) is 0 Å². The normalized spacial score (nSPS) is 16.3. The number of rotatable bonds is 60. The molecular weight excluding hydrogens is 1830 g/mol. The monoisotopic (exact) mass is 1970 g/mol. The Morgan fingerprint density at radius 1 is 0.417 bits per heavy atom. The average molecular weight is 1970 g/mol. The molecule has 53 heteroatoms. The predicted octanol–water partition coefficient (Wildman–Crippen LogP) is -10.1. The van der Waals surface area contributed by atoms with Gasteiger partial charge in [-0.3, -0.25) is 112 Å². The first kappa shape index (κ1) is 119.